The van der Waals surface area contributed by atoms with Crippen LogP contribution in [0.25, 0.3) is 0 Å². The van der Waals surface area contributed by atoms with Crippen molar-refractivity contribution in [2.45, 2.75) is 11.4 Å². The van der Waals surface area contributed by atoms with Crippen LogP contribution in [0.2, 0.25) is 5.02 Å². The first kappa shape index (κ1) is 19.2. The number of halogens is 1. The number of rotatable bonds is 7. The molecule has 0 fully saturated rings. The molecule has 3 N–H and O–H groups in total. The quantitative estimate of drug-likeness (QED) is 0.747. The van der Waals surface area contributed by atoms with E-state index in [1.165, 1.54) is 30.0 Å². The van der Waals surface area contributed by atoms with Gasteiger partial charge in [0.1, 0.15) is 5.49 Å². The van der Waals surface area contributed by atoms with Crippen molar-refractivity contribution in [2.75, 3.05) is 19.5 Å². The molecule has 0 spiro atoms. The van der Waals surface area contributed by atoms with Crippen LogP contribution in [0.1, 0.15) is 15.9 Å². The maximum atomic E-state index is 12.5. The summed E-state index contributed by atoms with van der Waals surface area (Å²) in [6.45, 7) is 0.137. The van der Waals surface area contributed by atoms with Gasteiger partial charge in [0.15, 0.2) is 9.84 Å². The summed E-state index contributed by atoms with van der Waals surface area (Å²) in [5.74, 6) is -0.927. The Morgan fingerprint density at radius 2 is 2.04 bits per heavy atom. The molecule has 0 atom stereocenters. The van der Waals surface area contributed by atoms with Crippen LogP contribution in [0.4, 0.5) is 0 Å². The van der Waals surface area contributed by atoms with Crippen molar-refractivity contribution in [1.29, 1.82) is 5.41 Å². The molecule has 0 bridgehead atoms. The van der Waals surface area contributed by atoms with Crippen LogP contribution in [-0.2, 0) is 21.1 Å². The molecule has 9 heteroatoms. The minimum atomic E-state index is -3.55. The summed E-state index contributed by atoms with van der Waals surface area (Å²) in [5, 5.41) is 8.32. The van der Waals surface area contributed by atoms with Crippen molar-refractivity contribution in [3.05, 3.63) is 58.2 Å². The zero-order valence-corrected chi connectivity index (χ0v) is 15.1. The Morgan fingerprint density at radius 1 is 1.36 bits per heavy atom. The second kappa shape index (κ2) is 7.81. The number of methoxy groups -OCH3 is 1. The molecule has 0 saturated carbocycles. The van der Waals surface area contributed by atoms with Crippen molar-refractivity contribution in [3.8, 4) is 0 Å². The van der Waals surface area contributed by atoms with E-state index in [4.69, 9.17) is 27.5 Å². The largest absolute Gasteiger partial charge is 0.384 e. The number of primary amides is 1. The lowest BCUT2D eigenvalue weighted by Gasteiger charge is -2.14. The molecule has 0 radical (unpaired) electrons. The standard InChI is InChI=1S/C16H18ClN3O4S/c1-24-6-7-25(22,23)14-5-3-2-4-11(14)9-20-10-12(17)8-13(15(20)18)16(19)21/h2-5,8,10,18H,6-7,9H2,1H3,(H2,19,21). The normalized spacial score (nSPS) is 11.4. The van der Waals surface area contributed by atoms with Crippen LogP contribution >= 0.6 is 11.6 Å². The second-order valence-electron chi connectivity index (χ2n) is 5.33. The third kappa shape index (κ3) is 4.47. The maximum absolute atomic E-state index is 12.5. The Bertz CT molecular complexity index is 954. The lowest BCUT2D eigenvalue weighted by atomic mass is 10.2. The Balaban J connectivity index is 2.50. The molecular weight excluding hydrogens is 366 g/mol. The minimum Gasteiger partial charge on any atom is -0.384 e. The summed E-state index contributed by atoms with van der Waals surface area (Å²) in [4.78, 5) is 11.6. The second-order valence-corrected chi connectivity index (χ2v) is 7.85. The van der Waals surface area contributed by atoms with Gasteiger partial charge in [0.2, 0.25) is 0 Å². The Kier molecular flexibility index (Phi) is 5.99. The highest BCUT2D eigenvalue weighted by Crippen LogP contribution is 2.19. The van der Waals surface area contributed by atoms with Gasteiger partial charge >= 0.3 is 0 Å². The number of aromatic nitrogens is 1. The van der Waals surface area contributed by atoms with Crippen LogP contribution in [0.5, 0.6) is 0 Å². The van der Waals surface area contributed by atoms with E-state index in [-0.39, 0.29) is 39.9 Å². The molecule has 134 valence electrons. The van der Waals surface area contributed by atoms with E-state index < -0.39 is 15.7 Å². The lowest BCUT2D eigenvalue weighted by molar-refractivity contribution is 0.0997. The van der Waals surface area contributed by atoms with Crippen LogP contribution in [0.15, 0.2) is 41.4 Å². The molecule has 25 heavy (non-hydrogen) atoms. The lowest BCUT2D eigenvalue weighted by Crippen LogP contribution is -2.30. The van der Waals surface area contributed by atoms with E-state index in [2.05, 4.69) is 0 Å². The molecule has 1 heterocycles. The van der Waals surface area contributed by atoms with Crippen molar-refractivity contribution < 1.29 is 17.9 Å². The average Bonchev–Trinajstić information content (AvgIpc) is 2.56. The summed E-state index contributed by atoms with van der Waals surface area (Å²) >= 11 is 5.98. The van der Waals surface area contributed by atoms with Crippen LogP contribution in [0, 0.1) is 5.41 Å². The number of ether oxygens (including phenoxy) is 1. The van der Waals surface area contributed by atoms with Gasteiger partial charge in [0, 0.05) is 13.3 Å². The monoisotopic (exact) mass is 383 g/mol. The molecular formula is C16H18ClN3O4S. The summed E-state index contributed by atoms with van der Waals surface area (Å²) in [5.41, 5.74) is 5.57. The number of benzene rings is 1. The molecule has 1 amide bonds. The number of carbonyl (C=O) groups excluding carboxylic acids is 1. The number of nitrogens with zero attached hydrogens (tertiary/aromatic N) is 1. The molecule has 1 aromatic heterocycles. The van der Waals surface area contributed by atoms with Crippen LogP contribution in [0.3, 0.4) is 0 Å². The van der Waals surface area contributed by atoms with E-state index in [0.717, 1.165) is 0 Å². The first-order chi connectivity index (χ1) is 11.8. The number of hydrogen-bond donors (Lipinski definition) is 2. The van der Waals surface area contributed by atoms with Crippen molar-refractivity contribution in [1.82, 2.24) is 4.57 Å². The number of hydrogen-bond acceptors (Lipinski definition) is 5. The Hall–Kier alpha value is -2.16. The van der Waals surface area contributed by atoms with Gasteiger partial charge in [-0.1, -0.05) is 29.8 Å². The van der Waals surface area contributed by atoms with Crippen molar-refractivity contribution in [2.24, 2.45) is 5.73 Å². The van der Waals surface area contributed by atoms with Crippen LogP contribution in [-0.4, -0.2) is 38.4 Å². The number of nitrogens with two attached hydrogens (primary N) is 1. The number of nitrogens with one attached hydrogen (secondary N) is 1. The minimum absolute atomic E-state index is 0.0350. The molecule has 0 saturated heterocycles. The molecule has 2 rings (SSSR count). The molecule has 0 aliphatic carbocycles. The van der Waals surface area contributed by atoms with Gasteiger partial charge in [-0.05, 0) is 17.7 Å². The number of pyridine rings is 1. The van der Waals surface area contributed by atoms with Gasteiger partial charge in [-0.3, -0.25) is 10.2 Å². The fourth-order valence-corrected chi connectivity index (χ4v) is 4.00. The van der Waals surface area contributed by atoms with Crippen molar-refractivity contribution in [3.63, 3.8) is 0 Å². The van der Waals surface area contributed by atoms with E-state index in [1.54, 1.807) is 18.2 Å². The molecule has 1 aromatic carbocycles. The molecule has 0 aliphatic rings. The van der Waals surface area contributed by atoms with Crippen LogP contribution < -0.4 is 11.2 Å². The maximum Gasteiger partial charge on any atom is 0.252 e. The SMILES string of the molecule is COCCS(=O)(=O)c1ccccc1Cn1cc(Cl)cc(C(N)=O)c1=N. The van der Waals surface area contributed by atoms with Gasteiger partial charge < -0.3 is 15.0 Å². The van der Waals surface area contributed by atoms with Gasteiger partial charge in [-0.15, -0.1) is 0 Å². The van der Waals surface area contributed by atoms with Gasteiger partial charge in [0.25, 0.3) is 5.91 Å². The van der Waals surface area contributed by atoms with Gasteiger partial charge in [-0.25, -0.2) is 8.42 Å². The summed E-state index contributed by atoms with van der Waals surface area (Å²) in [7, 11) is -2.12. The number of carbonyl (C=O) groups is 1. The summed E-state index contributed by atoms with van der Waals surface area (Å²) < 4.78 is 31.2. The number of amides is 1. The van der Waals surface area contributed by atoms with Gasteiger partial charge in [0.05, 0.1) is 34.4 Å². The van der Waals surface area contributed by atoms with Crippen molar-refractivity contribution >= 4 is 27.3 Å². The third-order valence-electron chi connectivity index (χ3n) is 3.57. The summed E-state index contributed by atoms with van der Waals surface area (Å²) in [6.07, 6.45) is 1.45. The predicted octanol–water partition coefficient (Wildman–Crippen LogP) is 1.19. The Morgan fingerprint density at radius 3 is 2.68 bits per heavy atom. The topological polar surface area (TPSA) is 115 Å². The highest BCUT2D eigenvalue weighted by Gasteiger charge is 2.19. The average molecular weight is 384 g/mol. The van der Waals surface area contributed by atoms with E-state index >= 15 is 0 Å². The third-order valence-corrected chi connectivity index (χ3v) is 5.55. The molecule has 7 nitrogen and oxygen atoms in total. The zero-order chi connectivity index (χ0) is 18.6. The zero-order valence-electron chi connectivity index (χ0n) is 13.5. The first-order valence-electron chi connectivity index (χ1n) is 7.30. The number of sulfone groups is 1. The summed E-state index contributed by atoms with van der Waals surface area (Å²) in [6, 6.07) is 7.79. The first-order valence-corrected chi connectivity index (χ1v) is 9.33. The highest BCUT2D eigenvalue weighted by atomic mass is 35.5. The fraction of sp³-hybridized carbons (Fsp3) is 0.250. The molecule has 0 aliphatic heterocycles. The van der Waals surface area contributed by atoms with E-state index in [9.17, 15) is 13.2 Å². The van der Waals surface area contributed by atoms with E-state index in [0.29, 0.717) is 5.56 Å². The smallest absolute Gasteiger partial charge is 0.252 e. The molecule has 0 unspecified atom stereocenters. The fourth-order valence-electron chi connectivity index (χ4n) is 2.35. The van der Waals surface area contributed by atoms with Gasteiger partial charge in [-0.2, -0.15) is 0 Å². The Labute approximate surface area is 150 Å². The predicted molar refractivity (Wildman–Crippen MR) is 93.3 cm³/mol. The molecule has 2 aromatic rings. The van der Waals surface area contributed by atoms with E-state index in [1.807, 2.05) is 0 Å². The highest BCUT2D eigenvalue weighted by molar-refractivity contribution is 7.91.